The molecule has 19 heavy (non-hydrogen) atoms. The molecule has 1 aromatic rings. The lowest BCUT2D eigenvalue weighted by Crippen LogP contribution is -2.32. The van der Waals surface area contributed by atoms with Crippen LogP contribution in [0.2, 0.25) is 5.02 Å². The Bertz CT molecular complexity index is 506. The number of hydrogen-bond donors (Lipinski definition) is 2. The monoisotopic (exact) mass is 306 g/mol. The summed E-state index contributed by atoms with van der Waals surface area (Å²) in [5, 5.41) is 3.47. The summed E-state index contributed by atoms with van der Waals surface area (Å²) in [6.07, 6.45) is 1.01. The Morgan fingerprint density at radius 2 is 2.00 bits per heavy atom. The zero-order valence-corrected chi connectivity index (χ0v) is 12.6. The van der Waals surface area contributed by atoms with Crippen molar-refractivity contribution in [1.29, 1.82) is 0 Å². The molecule has 1 rings (SSSR count). The third-order valence-electron chi connectivity index (χ3n) is 2.44. The van der Waals surface area contributed by atoms with Crippen molar-refractivity contribution < 1.29 is 13.2 Å². The van der Waals surface area contributed by atoms with Crippen LogP contribution in [0.5, 0.6) is 5.75 Å². The molecule has 0 aliphatic carbocycles. The zero-order valence-electron chi connectivity index (χ0n) is 11.1. The molecule has 108 valence electrons. The normalized spacial score (nSPS) is 11.5. The van der Waals surface area contributed by atoms with Crippen LogP contribution in [0.1, 0.15) is 13.3 Å². The molecule has 0 aliphatic heterocycles. The Kier molecular flexibility index (Phi) is 6.57. The summed E-state index contributed by atoms with van der Waals surface area (Å²) in [6.45, 7) is 3.81. The molecular weight excluding hydrogens is 288 g/mol. The predicted molar refractivity (Wildman–Crippen MR) is 76.4 cm³/mol. The first kappa shape index (κ1) is 16.2. The Balaban J connectivity index is 2.74. The van der Waals surface area contributed by atoms with Crippen LogP contribution < -0.4 is 14.8 Å². The number of ether oxygens (including phenoxy) is 1. The van der Waals surface area contributed by atoms with Crippen LogP contribution in [0.15, 0.2) is 23.1 Å². The minimum Gasteiger partial charge on any atom is -0.495 e. The van der Waals surface area contributed by atoms with Gasteiger partial charge >= 0.3 is 0 Å². The molecular formula is C12H19ClN2O3S. The second kappa shape index (κ2) is 7.69. The first-order chi connectivity index (χ1) is 9.01. The van der Waals surface area contributed by atoms with E-state index in [1.165, 1.54) is 19.2 Å². The summed E-state index contributed by atoms with van der Waals surface area (Å²) in [7, 11) is -2.19. The van der Waals surface area contributed by atoms with E-state index >= 15 is 0 Å². The molecule has 0 saturated carbocycles. The number of hydrogen-bond acceptors (Lipinski definition) is 4. The molecule has 0 atom stereocenters. The van der Waals surface area contributed by atoms with Gasteiger partial charge in [-0.1, -0.05) is 18.5 Å². The van der Waals surface area contributed by atoms with Gasteiger partial charge in [-0.2, -0.15) is 0 Å². The van der Waals surface area contributed by atoms with Gasteiger partial charge in [-0.05, 0) is 31.2 Å². The second-order valence-electron chi connectivity index (χ2n) is 3.94. The van der Waals surface area contributed by atoms with E-state index in [1.807, 2.05) is 6.92 Å². The van der Waals surface area contributed by atoms with Crippen LogP contribution in [0.3, 0.4) is 0 Å². The standard InChI is InChI=1S/C12H19ClN2O3S/c1-3-6-14-7-8-15-19(16,17)12-9-10(13)4-5-11(12)18-2/h4-5,9,14-15H,3,6-8H2,1-2H3. The average molecular weight is 307 g/mol. The summed E-state index contributed by atoms with van der Waals surface area (Å²) >= 11 is 5.82. The SMILES string of the molecule is CCCNCCNS(=O)(=O)c1cc(Cl)ccc1OC. The molecule has 0 radical (unpaired) electrons. The third-order valence-corrected chi connectivity index (χ3v) is 4.15. The molecule has 0 spiro atoms. The molecule has 0 heterocycles. The summed E-state index contributed by atoms with van der Waals surface area (Å²) in [5.74, 6) is 0.276. The molecule has 0 unspecified atom stereocenters. The maximum Gasteiger partial charge on any atom is 0.244 e. The Hall–Kier alpha value is -0.820. The maximum absolute atomic E-state index is 12.1. The molecule has 0 fully saturated rings. The first-order valence-electron chi connectivity index (χ1n) is 6.05. The average Bonchev–Trinajstić information content (AvgIpc) is 2.38. The number of halogens is 1. The topological polar surface area (TPSA) is 67.4 Å². The van der Waals surface area contributed by atoms with Crippen molar-refractivity contribution in [3.63, 3.8) is 0 Å². The molecule has 0 bridgehead atoms. The van der Waals surface area contributed by atoms with Crippen molar-refractivity contribution in [3.8, 4) is 5.75 Å². The smallest absolute Gasteiger partial charge is 0.244 e. The van der Waals surface area contributed by atoms with Crippen LogP contribution in [-0.4, -0.2) is 35.2 Å². The fourth-order valence-electron chi connectivity index (χ4n) is 1.51. The second-order valence-corrected chi connectivity index (χ2v) is 6.11. The summed E-state index contributed by atoms with van der Waals surface area (Å²) in [4.78, 5) is 0.0537. The van der Waals surface area contributed by atoms with E-state index in [9.17, 15) is 8.42 Å². The van der Waals surface area contributed by atoms with Crippen LogP contribution in [0.4, 0.5) is 0 Å². The molecule has 0 aromatic heterocycles. The lowest BCUT2D eigenvalue weighted by molar-refractivity contribution is 0.402. The minimum absolute atomic E-state index is 0.0537. The Morgan fingerprint density at radius 3 is 2.63 bits per heavy atom. The number of benzene rings is 1. The van der Waals surface area contributed by atoms with Crippen molar-refractivity contribution in [2.45, 2.75) is 18.2 Å². The van der Waals surface area contributed by atoms with Crippen LogP contribution in [0.25, 0.3) is 0 Å². The number of sulfonamides is 1. The molecule has 2 N–H and O–H groups in total. The quantitative estimate of drug-likeness (QED) is 0.716. The van der Waals surface area contributed by atoms with Gasteiger partial charge in [0, 0.05) is 18.1 Å². The van der Waals surface area contributed by atoms with Crippen LogP contribution in [0, 0.1) is 0 Å². The fraction of sp³-hybridized carbons (Fsp3) is 0.500. The van der Waals surface area contributed by atoms with Gasteiger partial charge in [-0.25, -0.2) is 13.1 Å². The largest absolute Gasteiger partial charge is 0.495 e. The number of nitrogens with one attached hydrogen (secondary N) is 2. The van der Waals surface area contributed by atoms with Crippen LogP contribution >= 0.6 is 11.6 Å². The molecule has 1 aromatic carbocycles. The molecule has 0 saturated heterocycles. The Labute approximate surface area is 119 Å². The third kappa shape index (κ3) is 4.99. The highest BCUT2D eigenvalue weighted by atomic mass is 35.5. The highest BCUT2D eigenvalue weighted by Crippen LogP contribution is 2.26. The Morgan fingerprint density at radius 1 is 1.26 bits per heavy atom. The predicted octanol–water partition coefficient (Wildman–Crippen LogP) is 1.63. The molecule has 0 amide bonds. The highest BCUT2D eigenvalue weighted by molar-refractivity contribution is 7.89. The van der Waals surface area contributed by atoms with E-state index in [-0.39, 0.29) is 10.6 Å². The number of methoxy groups -OCH3 is 1. The van der Waals surface area contributed by atoms with Crippen molar-refractivity contribution in [1.82, 2.24) is 10.0 Å². The summed E-state index contributed by atoms with van der Waals surface area (Å²) < 4.78 is 31.8. The van der Waals surface area contributed by atoms with Gasteiger partial charge in [-0.15, -0.1) is 0 Å². The lowest BCUT2D eigenvalue weighted by Gasteiger charge is -2.11. The van der Waals surface area contributed by atoms with Crippen molar-refractivity contribution in [2.75, 3.05) is 26.7 Å². The van der Waals surface area contributed by atoms with E-state index in [0.717, 1.165) is 13.0 Å². The van der Waals surface area contributed by atoms with Gasteiger partial charge < -0.3 is 10.1 Å². The maximum atomic E-state index is 12.1. The van der Waals surface area contributed by atoms with Crippen molar-refractivity contribution in [3.05, 3.63) is 23.2 Å². The van der Waals surface area contributed by atoms with Crippen LogP contribution in [-0.2, 0) is 10.0 Å². The van der Waals surface area contributed by atoms with Crippen molar-refractivity contribution in [2.24, 2.45) is 0 Å². The van der Waals surface area contributed by atoms with E-state index in [0.29, 0.717) is 18.1 Å². The summed E-state index contributed by atoms with van der Waals surface area (Å²) in [5.41, 5.74) is 0. The van der Waals surface area contributed by atoms with E-state index in [1.54, 1.807) is 6.07 Å². The van der Waals surface area contributed by atoms with E-state index < -0.39 is 10.0 Å². The molecule has 7 heteroatoms. The van der Waals surface area contributed by atoms with Gasteiger partial charge in [0.1, 0.15) is 10.6 Å². The molecule has 0 aliphatic rings. The fourth-order valence-corrected chi connectivity index (χ4v) is 2.98. The van der Waals surface area contributed by atoms with Gasteiger partial charge in [0.25, 0.3) is 0 Å². The van der Waals surface area contributed by atoms with E-state index in [2.05, 4.69) is 10.0 Å². The van der Waals surface area contributed by atoms with E-state index in [4.69, 9.17) is 16.3 Å². The van der Waals surface area contributed by atoms with Crippen molar-refractivity contribution >= 4 is 21.6 Å². The summed E-state index contributed by atoms with van der Waals surface area (Å²) in [6, 6.07) is 4.50. The highest BCUT2D eigenvalue weighted by Gasteiger charge is 2.19. The van der Waals surface area contributed by atoms with Gasteiger partial charge in [0.05, 0.1) is 7.11 Å². The van der Waals surface area contributed by atoms with Gasteiger partial charge in [0.2, 0.25) is 10.0 Å². The lowest BCUT2D eigenvalue weighted by atomic mass is 10.3. The minimum atomic E-state index is -3.61. The van der Waals surface area contributed by atoms with Gasteiger partial charge in [0.15, 0.2) is 0 Å². The molecule has 5 nitrogen and oxygen atoms in total. The first-order valence-corrected chi connectivity index (χ1v) is 7.91. The van der Waals surface area contributed by atoms with Gasteiger partial charge in [-0.3, -0.25) is 0 Å². The number of rotatable bonds is 8. The zero-order chi connectivity index (χ0) is 14.3.